The van der Waals surface area contributed by atoms with Crippen molar-refractivity contribution >= 4 is 18.3 Å². The van der Waals surface area contributed by atoms with Gasteiger partial charge in [0.2, 0.25) is 5.91 Å². The van der Waals surface area contributed by atoms with E-state index in [1.54, 1.807) is 7.11 Å². The maximum atomic E-state index is 12.1. The molecule has 0 saturated carbocycles. The summed E-state index contributed by atoms with van der Waals surface area (Å²) in [6, 6.07) is 7.66. The molecule has 21 heavy (non-hydrogen) atoms. The molecule has 1 saturated heterocycles. The molecule has 0 aliphatic carbocycles. The zero-order valence-corrected chi connectivity index (χ0v) is 13.6. The number of ether oxygens (including phenoxy) is 1. The largest absolute Gasteiger partial charge is 0.496 e. The van der Waals surface area contributed by atoms with Crippen LogP contribution in [0.4, 0.5) is 0 Å². The highest BCUT2D eigenvalue weighted by Crippen LogP contribution is 2.26. The van der Waals surface area contributed by atoms with E-state index in [9.17, 15) is 4.79 Å². The molecule has 0 radical (unpaired) electrons. The Balaban J connectivity index is 0.00000220. The Kier molecular flexibility index (Phi) is 6.99. The van der Waals surface area contributed by atoms with Crippen molar-refractivity contribution in [2.24, 2.45) is 5.41 Å². The number of piperidine rings is 1. The summed E-state index contributed by atoms with van der Waals surface area (Å²) in [7, 11) is 1.63. The minimum Gasteiger partial charge on any atom is -0.496 e. The third kappa shape index (κ3) is 5.21. The van der Waals surface area contributed by atoms with Gasteiger partial charge in [-0.2, -0.15) is 0 Å². The van der Waals surface area contributed by atoms with Gasteiger partial charge in [-0.3, -0.25) is 4.79 Å². The fourth-order valence-corrected chi connectivity index (χ4v) is 2.60. The number of hydrogen-bond donors (Lipinski definition) is 2. The average molecular weight is 313 g/mol. The average Bonchev–Trinajstić information content (AvgIpc) is 2.47. The number of carbonyl (C=O) groups is 1. The standard InChI is InChI=1S/C16H24N2O2.ClH/c1-16(7-9-17-10-8-16)12-18-15(19)11-13-5-3-4-6-14(13)20-2;/h3-6,17H,7-12H2,1-2H3,(H,18,19);1H. The van der Waals surface area contributed by atoms with Gasteiger partial charge in [0.25, 0.3) is 0 Å². The van der Waals surface area contributed by atoms with Crippen molar-refractivity contribution in [3.8, 4) is 5.75 Å². The topological polar surface area (TPSA) is 50.4 Å². The number of hydrogen-bond acceptors (Lipinski definition) is 3. The van der Waals surface area contributed by atoms with Crippen molar-refractivity contribution in [2.45, 2.75) is 26.2 Å². The first-order valence-corrected chi connectivity index (χ1v) is 7.22. The molecule has 5 heteroatoms. The highest BCUT2D eigenvalue weighted by atomic mass is 35.5. The van der Waals surface area contributed by atoms with Crippen molar-refractivity contribution in [1.29, 1.82) is 0 Å². The summed E-state index contributed by atoms with van der Waals surface area (Å²) in [5.74, 6) is 0.838. The Bertz CT molecular complexity index is 459. The van der Waals surface area contributed by atoms with Crippen LogP contribution in [0.1, 0.15) is 25.3 Å². The number of halogens is 1. The van der Waals surface area contributed by atoms with E-state index in [0.29, 0.717) is 6.42 Å². The summed E-state index contributed by atoms with van der Waals surface area (Å²) in [6.45, 7) is 5.08. The number of benzene rings is 1. The van der Waals surface area contributed by atoms with Gasteiger partial charge < -0.3 is 15.4 Å². The van der Waals surface area contributed by atoms with Crippen LogP contribution in [0.25, 0.3) is 0 Å². The molecule has 1 aromatic rings. The summed E-state index contributed by atoms with van der Waals surface area (Å²) >= 11 is 0. The molecule has 0 atom stereocenters. The summed E-state index contributed by atoms with van der Waals surface area (Å²) in [5.41, 5.74) is 1.16. The van der Waals surface area contributed by atoms with Gasteiger partial charge in [0.15, 0.2) is 0 Å². The van der Waals surface area contributed by atoms with Crippen LogP contribution in [0.5, 0.6) is 5.75 Å². The molecule has 118 valence electrons. The molecular formula is C16H25ClN2O2. The van der Waals surface area contributed by atoms with E-state index in [-0.39, 0.29) is 23.7 Å². The van der Waals surface area contributed by atoms with Gasteiger partial charge in [0.1, 0.15) is 5.75 Å². The Labute approximate surface area is 133 Å². The molecule has 1 amide bonds. The maximum absolute atomic E-state index is 12.1. The number of amides is 1. The Hall–Kier alpha value is -1.26. The molecule has 1 fully saturated rings. The fourth-order valence-electron chi connectivity index (χ4n) is 2.60. The normalized spacial score (nSPS) is 16.7. The monoisotopic (exact) mass is 312 g/mol. The molecule has 1 aromatic carbocycles. The van der Waals surface area contributed by atoms with Crippen LogP contribution in [-0.4, -0.2) is 32.7 Å². The van der Waals surface area contributed by atoms with Crippen LogP contribution >= 0.6 is 12.4 Å². The Morgan fingerprint density at radius 2 is 2.00 bits per heavy atom. The van der Waals surface area contributed by atoms with E-state index in [0.717, 1.165) is 43.8 Å². The van der Waals surface area contributed by atoms with Crippen molar-refractivity contribution in [2.75, 3.05) is 26.7 Å². The summed E-state index contributed by atoms with van der Waals surface area (Å²) in [6.07, 6.45) is 2.60. The predicted octanol–water partition coefficient (Wildman–Crippen LogP) is 2.17. The molecule has 4 nitrogen and oxygen atoms in total. The second-order valence-electron chi connectivity index (χ2n) is 5.83. The summed E-state index contributed by atoms with van der Waals surface area (Å²) in [5, 5.41) is 6.42. The third-order valence-electron chi connectivity index (χ3n) is 4.07. The number of methoxy groups -OCH3 is 1. The molecule has 1 heterocycles. The van der Waals surface area contributed by atoms with Crippen molar-refractivity contribution in [3.63, 3.8) is 0 Å². The van der Waals surface area contributed by atoms with Crippen LogP contribution in [0.3, 0.4) is 0 Å². The van der Waals surface area contributed by atoms with Gasteiger partial charge in [-0.1, -0.05) is 25.1 Å². The number of para-hydroxylation sites is 1. The fraction of sp³-hybridized carbons (Fsp3) is 0.562. The first-order chi connectivity index (χ1) is 9.63. The van der Waals surface area contributed by atoms with Crippen LogP contribution in [0, 0.1) is 5.41 Å². The summed E-state index contributed by atoms with van der Waals surface area (Å²) < 4.78 is 5.27. The van der Waals surface area contributed by atoms with Crippen LogP contribution < -0.4 is 15.4 Å². The lowest BCUT2D eigenvalue weighted by molar-refractivity contribution is -0.121. The minimum atomic E-state index is 0. The molecule has 0 unspecified atom stereocenters. The van der Waals surface area contributed by atoms with E-state index in [1.807, 2.05) is 24.3 Å². The SMILES string of the molecule is COc1ccccc1CC(=O)NCC1(C)CCNCC1.Cl. The maximum Gasteiger partial charge on any atom is 0.224 e. The van der Waals surface area contributed by atoms with Crippen LogP contribution in [-0.2, 0) is 11.2 Å². The molecule has 0 bridgehead atoms. The van der Waals surface area contributed by atoms with E-state index >= 15 is 0 Å². The highest BCUT2D eigenvalue weighted by Gasteiger charge is 2.27. The number of nitrogens with one attached hydrogen (secondary N) is 2. The minimum absolute atomic E-state index is 0. The second kappa shape index (κ2) is 8.25. The Morgan fingerprint density at radius 1 is 1.33 bits per heavy atom. The lowest BCUT2D eigenvalue weighted by atomic mass is 9.81. The zero-order chi connectivity index (χ0) is 14.4. The van der Waals surface area contributed by atoms with Gasteiger partial charge in [-0.25, -0.2) is 0 Å². The zero-order valence-electron chi connectivity index (χ0n) is 12.8. The van der Waals surface area contributed by atoms with Crippen LogP contribution in [0.2, 0.25) is 0 Å². The van der Waals surface area contributed by atoms with Crippen LogP contribution in [0.15, 0.2) is 24.3 Å². The van der Waals surface area contributed by atoms with Gasteiger partial charge in [0, 0.05) is 12.1 Å². The van der Waals surface area contributed by atoms with E-state index < -0.39 is 0 Å². The van der Waals surface area contributed by atoms with Gasteiger partial charge in [-0.05, 0) is 37.4 Å². The highest BCUT2D eigenvalue weighted by molar-refractivity contribution is 5.85. The summed E-state index contributed by atoms with van der Waals surface area (Å²) in [4.78, 5) is 12.1. The predicted molar refractivity (Wildman–Crippen MR) is 87.2 cm³/mol. The Morgan fingerprint density at radius 3 is 2.67 bits per heavy atom. The van der Waals surface area contributed by atoms with Crippen molar-refractivity contribution in [1.82, 2.24) is 10.6 Å². The number of rotatable bonds is 5. The number of carbonyl (C=O) groups excluding carboxylic acids is 1. The first-order valence-electron chi connectivity index (χ1n) is 7.22. The van der Waals surface area contributed by atoms with Gasteiger partial charge in [0.05, 0.1) is 13.5 Å². The van der Waals surface area contributed by atoms with Gasteiger partial charge in [-0.15, -0.1) is 12.4 Å². The molecule has 0 spiro atoms. The van der Waals surface area contributed by atoms with Crippen molar-refractivity contribution < 1.29 is 9.53 Å². The lowest BCUT2D eigenvalue weighted by Gasteiger charge is -2.34. The quantitative estimate of drug-likeness (QED) is 0.876. The molecule has 2 rings (SSSR count). The van der Waals surface area contributed by atoms with Gasteiger partial charge >= 0.3 is 0 Å². The second-order valence-corrected chi connectivity index (χ2v) is 5.83. The van der Waals surface area contributed by atoms with E-state index in [4.69, 9.17) is 4.74 Å². The van der Waals surface area contributed by atoms with E-state index in [1.165, 1.54) is 0 Å². The lowest BCUT2D eigenvalue weighted by Crippen LogP contribution is -2.43. The first kappa shape index (κ1) is 17.8. The molecule has 1 aliphatic heterocycles. The third-order valence-corrected chi connectivity index (χ3v) is 4.07. The molecule has 2 N–H and O–H groups in total. The molecule has 0 aromatic heterocycles. The molecular weight excluding hydrogens is 288 g/mol. The van der Waals surface area contributed by atoms with E-state index in [2.05, 4.69) is 17.6 Å². The van der Waals surface area contributed by atoms with Crippen molar-refractivity contribution in [3.05, 3.63) is 29.8 Å². The smallest absolute Gasteiger partial charge is 0.224 e. The molecule has 1 aliphatic rings.